The second kappa shape index (κ2) is 8.05. The molecular formula is C17H27N3. The summed E-state index contributed by atoms with van der Waals surface area (Å²) >= 11 is 0. The number of para-hydroxylation sites is 1. The molecular weight excluding hydrogens is 246 g/mol. The van der Waals surface area contributed by atoms with E-state index in [2.05, 4.69) is 59.8 Å². The molecule has 1 aromatic rings. The van der Waals surface area contributed by atoms with Crippen molar-refractivity contribution < 1.29 is 0 Å². The first-order chi connectivity index (χ1) is 9.79. The van der Waals surface area contributed by atoms with E-state index in [1.807, 2.05) is 6.07 Å². The van der Waals surface area contributed by atoms with Crippen LogP contribution in [0.2, 0.25) is 0 Å². The standard InChI is InChI=1S/C17H27N3/c1-3-18-12-11-15(2)9-10-16-13-19-20(14-16)17-7-5-4-6-8-17/h4-8,13,15-16,18H,3,9-12,14H2,1-2H3. The van der Waals surface area contributed by atoms with Crippen molar-refractivity contribution in [1.29, 1.82) is 0 Å². The summed E-state index contributed by atoms with van der Waals surface area (Å²) in [4.78, 5) is 0. The molecule has 2 unspecified atom stereocenters. The normalized spacial score (nSPS) is 19.5. The van der Waals surface area contributed by atoms with Crippen LogP contribution in [0.1, 0.15) is 33.1 Å². The average Bonchev–Trinajstić information content (AvgIpc) is 2.95. The Balaban J connectivity index is 1.68. The summed E-state index contributed by atoms with van der Waals surface area (Å²) in [6.07, 6.45) is 5.95. The first-order valence-corrected chi connectivity index (χ1v) is 7.87. The van der Waals surface area contributed by atoms with Gasteiger partial charge in [-0.1, -0.05) is 32.0 Å². The summed E-state index contributed by atoms with van der Waals surface area (Å²) in [6.45, 7) is 7.78. The topological polar surface area (TPSA) is 27.6 Å². The molecule has 0 spiro atoms. The van der Waals surface area contributed by atoms with Crippen LogP contribution in [-0.2, 0) is 0 Å². The van der Waals surface area contributed by atoms with E-state index in [-0.39, 0.29) is 0 Å². The average molecular weight is 273 g/mol. The lowest BCUT2D eigenvalue weighted by Gasteiger charge is -2.17. The molecule has 2 atom stereocenters. The van der Waals surface area contributed by atoms with Gasteiger partial charge in [0.15, 0.2) is 0 Å². The lowest BCUT2D eigenvalue weighted by atomic mass is 9.95. The third-order valence-electron chi connectivity index (χ3n) is 3.97. The number of hydrogen-bond acceptors (Lipinski definition) is 3. The van der Waals surface area contributed by atoms with Crippen molar-refractivity contribution in [3.8, 4) is 0 Å². The zero-order valence-corrected chi connectivity index (χ0v) is 12.8. The summed E-state index contributed by atoms with van der Waals surface area (Å²) in [6, 6.07) is 10.4. The van der Waals surface area contributed by atoms with E-state index in [1.165, 1.54) is 24.9 Å². The van der Waals surface area contributed by atoms with Crippen LogP contribution >= 0.6 is 0 Å². The van der Waals surface area contributed by atoms with Crippen LogP contribution in [0, 0.1) is 11.8 Å². The Morgan fingerprint density at radius 1 is 1.30 bits per heavy atom. The molecule has 0 aromatic heterocycles. The van der Waals surface area contributed by atoms with E-state index in [0.717, 1.165) is 25.6 Å². The lowest BCUT2D eigenvalue weighted by molar-refractivity contribution is 0.438. The largest absolute Gasteiger partial charge is 0.317 e. The van der Waals surface area contributed by atoms with Crippen molar-refractivity contribution in [2.24, 2.45) is 16.9 Å². The maximum atomic E-state index is 4.54. The van der Waals surface area contributed by atoms with E-state index in [0.29, 0.717) is 5.92 Å². The molecule has 0 fully saturated rings. The quantitative estimate of drug-likeness (QED) is 0.734. The van der Waals surface area contributed by atoms with Crippen LogP contribution in [0.3, 0.4) is 0 Å². The highest BCUT2D eigenvalue weighted by atomic mass is 15.5. The van der Waals surface area contributed by atoms with Gasteiger partial charge in [-0.05, 0) is 50.4 Å². The van der Waals surface area contributed by atoms with Gasteiger partial charge in [-0.2, -0.15) is 5.10 Å². The van der Waals surface area contributed by atoms with Gasteiger partial charge >= 0.3 is 0 Å². The molecule has 0 saturated heterocycles. The molecule has 1 N–H and O–H groups in total. The van der Waals surface area contributed by atoms with Gasteiger partial charge in [0.1, 0.15) is 0 Å². The third-order valence-corrected chi connectivity index (χ3v) is 3.97. The van der Waals surface area contributed by atoms with Crippen LogP contribution in [-0.4, -0.2) is 25.8 Å². The number of nitrogens with zero attached hydrogens (tertiary/aromatic N) is 2. The van der Waals surface area contributed by atoms with E-state index < -0.39 is 0 Å². The molecule has 0 amide bonds. The number of hydrazone groups is 1. The molecule has 0 bridgehead atoms. The molecule has 3 nitrogen and oxygen atoms in total. The van der Waals surface area contributed by atoms with Crippen LogP contribution in [0.5, 0.6) is 0 Å². The summed E-state index contributed by atoms with van der Waals surface area (Å²) in [5.41, 5.74) is 1.20. The molecule has 0 radical (unpaired) electrons. The minimum Gasteiger partial charge on any atom is -0.317 e. The van der Waals surface area contributed by atoms with Crippen LogP contribution < -0.4 is 10.3 Å². The van der Waals surface area contributed by atoms with Gasteiger partial charge in [0, 0.05) is 18.7 Å². The maximum absolute atomic E-state index is 4.54. The minimum atomic E-state index is 0.608. The van der Waals surface area contributed by atoms with Crippen molar-refractivity contribution in [3.05, 3.63) is 30.3 Å². The van der Waals surface area contributed by atoms with E-state index in [4.69, 9.17) is 0 Å². The van der Waals surface area contributed by atoms with Gasteiger partial charge in [0.25, 0.3) is 0 Å². The molecule has 1 aromatic carbocycles. The number of rotatable bonds is 8. The lowest BCUT2D eigenvalue weighted by Crippen LogP contribution is -2.19. The maximum Gasteiger partial charge on any atom is 0.0594 e. The monoisotopic (exact) mass is 273 g/mol. The second-order valence-electron chi connectivity index (χ2n) is 5.77. The van der Waals surface area contributed by atoms with Gasteiger partial charge < -0.3 is 5.32 Å². The molecule has 110 valence electrons. The summed E-state index contributed by atoms with van der Waals surface area (Å²) in [7, 11) is 0. The Hall–Kier alpha value is -1.35. The summed E-state index contributed by atoms with van der Waals surface area (Å²) in [5, 5.41) is 10.1. The second-order valence-corrected chi connectivity index (χ2v) is 5.77. The van der Waals surface area contributed by atoms with Gasteiger partial charge in [0.05, 0.1) is 5.69 Å². The van der Waals surface area contributed by atoms with Gasteiger partial charge in [-0.3, -0.25) is 5.01 Å². The Kier molecular flexibility index (Phi) is 6.06. The van der Waals surface area contributed by atoms with Crippen LogP contribution in [0.25, 0.3) is 0 Å². The highest BCUT2D eigenvalue weighted by Crippen LogP contribution is 2.23. The van der Waals surface area contributed by atoms with Crippen LogP contribution in [0.4, 0.5) is 5.69 Å². The number of anilines is 1. The highest BCUT2D eigenvalue weighted by molar-refractivity contribution is 5.68. The Bertz CT molecular complexity index is 402. The Morgan fingerprint density at radius 2 is 2.10 bits per heavy atom. The molecule has 1 aliphatic heterocycles. The predicted octanol–water partition coefficient (Wildman–Crippen LogP) is 3.52. The fraction of sp³-hybridized carbons (Fsp3) is 0.588. The Morgan fingerprint density at radius 3 is 2.85 bits per heavy atom. The Labute approximate surface area is 123 Å². The molecule has 20 heavy (non-hydrogen) atoms. The molecule has 1 heterocycles. The zero-order valence-electron chi connectivity index (χ0n) is 12.8. The number of benzene rings is 1. The molecule has 1 aliphatic rings. The van der Waals surface area contributed by atoms with Crippen molar-refractivity contribution in [3.63, 3.8) is 0 Å². The van der Waals surface area contributed by atoms with Crippen LogP contribution in [0.15, 0.2) is 35.4 Å². The van der Waals surface area contributed by atoms with E-state index >= 15 is 0 Å². The molecule has 2 rings (SSSR count). The van der Waals surface area contributed by atoms with Crippen molar-refractivity contribution in [1.82, 2.24) is 5.32 Å². The van der Waals surface area contributed by atoms with Gasteiger partial charge in [-0.25, -0.2) is 0 Å². The zero-order chi connectivity index (χ0) is 14.2. The van der Waals surface area contributed by atoms with Gasteiger partial charge in [-0.15, -0.1) is 0 Å². The SMILES string of the molecule is CCNCCC(C)CCC1C=NN(c2ccccc2)C1. The third kappa shape index (κ3) is 4.64. The summed E-state index contributed by atoms with van der Waals surface area (Å²) < 4.78 is 0. The minimum absolute atomic E-state index is 0.608. The van der Waals surface area contributed by atoms with Gasteiger partial charge in [0.2, 0.25) is 0 Å². The van der Waals surface area contributed by atoms with Crippen molar-refractivity contribution >= 4 is 11.9 Å². The number of nitrogens with one attached hydrogen (secondary N) is 1. The highest BCUT2D eigenvalue weighted by Gasteiger charge is 2.19. The first kappa shape index (κ1) is 15.0. The molecule has 3 heteroatoms. The van der Waals surface area contributed by atoms with Crippen molar-refractivity contribution in [2.45, 2.75) is 33.1 Å². The summed E-state index contributed by atoms with van der Waals surface area (Å²) in [5.74, 6) is 1.41. The fourth-order valence-corrected chi connectivity index (χ4v) is 2.60. The first-order valence-electron chi connectivity index (χ1n) is 7.87. The molecule has 0 aliphatic carbocycles. The predicted molar refractivity (Wildman–Crippen MR) is 87.3 cm³/mol. The van der Waals surface area contributed by atoms with E-state index in [1.54, 1.807) is 0 Å². The van der Waals surface area contributed by atoms with E-state index in [9.17, 15) is 0 Å². The fourth-order valence-electron chi connectivity index (χ4n) is 2.60. The smallest absolute Gasteiger partial charge is 0.0594 e. The van der Waals surface area contributed by atoms with Crippen molar-refractivity contribution in [2.75, 3.05) is 24.6 Å². The molecule has 0 saturated carbocycles. The number of hydrogen-bond donors (Lipinski definition) is 1.